The Morgan fingerprint density at radius 1 is 1.26 bits per heavy atom. The number of carboxylic acid groups (broad SMARTS) is 1. The second kappa shape index (κ2) is 9.06. The second-order valence-electron chi connectivity index (χ2n) is 6.80. The first kappa shape index (κ1) is 22.8. The number of carbonyl (C=O) groups excluding carboxylic acids is 2. The Kier molecular flexibility index (Phi) is 6.65. The molecule has 1 aliphatic heterocycles. The number of rotatable bonds is 5. The van der Waals surface area contributed by atoms with Crippen LogP contribution in [0.5, 0.6) is 5.88 Å². The molecular formula is C18H18Cl2FN5O5. The highest BCUT2D eigenvalue weighted by Crippen LogP contribution is 2.31. The van der Waals surface area contributed by atoms with Gasteiger partial charge in [0.25, 0.3) is 5.91 Å². The summed E-state index contributed by atoms with van der Waals surface area (Å²) in [6.45, 7) is 2.07. The number of H-pyrrole nitrogens is 1. The number of anilines is 1. The van der Waals surface area contributed by atoms with Gasteiger partial charge < -0.3 is 19.7 Å². The van der Waals surface area contributed by atoms with Gasteiger partial charge in [-0.05, 0) is 19.8 Å². The first-order valence-electron chi connectivity index (χ1n) is 9.12. The van der Waals surface area contributed by atoms with Crippen LogP contribution < -0.4 is 9.64 Å². The molecule has 2 amide bonds. The molecule has 2 N–H and O–H groups in total. The summed E-state index contributed by atoms with van der Waals surface area (Å²) < 4.78 is 18.9. The maximum Gasteiger partial charge on any atom is 0.407 e. The van der Waals surface area contributed by atoms with E-state index in [-0.39, 0.29) is 59.2 Å². The largest absolute Gasteiger partial charge is 0.481 e. The maximum atomic E-state index is 13.8. The zero-order valence-corrected chi connectivity index (χ0v) is 18.0. The van der Waals surface area contributed by atoms with Crippen LogP contribution in [-0.2, 0) is 0 Å². The summed E-state index contributed by atoms with van der Waals surface area (Å²) in [6, 6.07) is 0.442. The van der Waals surface area contributed by atoms with Crippen LogP contribution in [0.4, 0.5) is 15.1 Å². The van der Waals surface area contributed by atoms with Gasteiger partial charge in [-0.1, -0.05) is 23.2 Å². The fourth-order valence-corrected chi connectivity index (χ4v) is 3.73. The molecule has 13 heteroatoms. The fraction of sp³-hybridized carbons (Fsp3) is 0.389. The normalized spacial score (nSPS) is 14.4. The van der Waals surface area contributed by atoms with Crippen molar-refractivity contribution in [1.29, 1.82) is 0 Å². The maximum absolute atomic E-state index is 13.8. The van der Waals surface area contributed by atoms with E-state index in [4.69, 9.17) is 27.9 Å². The first-order chi connectivity index (χ1) is 14.6. The summed E-state index contributed by atoms with van der Waals surface area (Å²) >= 11 is 12.0. The molecule has 0 aliphatic carbocycles. The molecule has 3 rings (SSSR count). The molecule has 1 saturated heterocycles. The van der Waals surface area contributed by atoms with Crippen molar-refractivity contribution in [3.63, 3.8) is 0 Å². The number of methoxy groups -OCH3 is 1. The lowest BCUT2D eigenvalue weighted by Gasteiger charge is -2.36. The van der Waals surface area contributed by atoms with Gasteiger partial charge in [0, 0.05) is 30.9 Å². The summed E-state index contributed by atoms with van der Waals surface area (Å²) in [4.78, 5) is 48.7. The number of aromatic nitrogens is 3. The van der Waals surface area contributed by atoms with E-state index >= 15 is 0 Å². The first-order valence-corrected chi connectivity index (χ1v) is 9.87. The summed E-state index contributed by atoms with van der Waals surface area (Å²) in [5.41, 5.74) is 0.00803. The Hall–Kier alpha value is -2.92. The number of amides is 2. The van der Waals surface area contributed by atoms with E-state index in [9.17, 15) is 23.9 Å². The van der Waals surface area contributed by atoms with Crippen molar-refractivity contribution in [2.75, 3.05) is 25.1 Å². The molecule has 0 saturated carbocycles. The number of halogens is 3. The lowest BCUT2D eigenvalue weighted by atomic mass is 10.0. The molecular weight excluding hydrogens is 456 g/mol. The minimum Gasteiger partial charge on any atom is -0.481 e. The molecule has 0 aromatic carbocycles. The number of imide groups is 1. The monoisotopic (exact) mass is 473 g/mol. The van der Waals surface area contributed by atoms with Crippen LogP contribution in [0, 0.1) is 6.92 Å². The van der Waals surface area contributed by atoms with Crippen LogP contribution in [0.2, 0.25) is 10.0 Å². The zero-order valence-electron chi connectivity index (χ0n) is 16.5. The van der Waals surface area contributed by atoms with Crippen molar-refractivity contribution in [1.82, 2.24) is 19.9 Å². The SMILES string of the molecule is COc1cc(C(=O)O)nc(N2CCC(N(C(=O)F)C(=O)c3[nH]c(C)c(Cl)c3Cl)CC2)n1. The Morgan fingerprint density at radius 3 is 2.39 bits per heavy atom. The van der Waals surface area contributed by atoms with E-state index in [1.807, 2.05) is 0 Å². The van der Waals surface area contributed by atoms with E-state index in [0.29, 0.717) is 10.6 Å². The van der Waals surface area contributed by atoms with Crippen LogP contribution in [-0.4, -0.2) is 69.2 Å². The Bertz CT molecular complexity index is 1040. The van der Waals surface area contributed by atoms with Crippen molar-refractivity contribution >= 4 is 47.2 Å². The van der Waals surface area contributed by atoms with Gasteiger partial charge in [-0.25, -0.2) is 19.5 Å². The van der Waals surface area contributed by atoms with Gasteiger partial charge >= 0.3 is 12.1 Å². The highest BCUT2D eigenvalue weighted by molar-refractivity contribution is 6.44. The van der Waals surface area contributed by atoms with Gasteiger partial charge in [0.1, 0.15) is 5.69 Å². The molecule has 0 atom stereocenters. The Labute approximate surface area is 185 Å². The van der Waals surface area contributed by atoms with E-state index in [1.54, 1.807) is 11.8 Å². The number of carbonyl (C=O) groups is 3. The van der Waals surface area contributed by atoms with E-state index in [0.717, 1.165) is 0 Å². The molecule has 10 nitrogen and oxygen atoms in total. The summed E-state index contributed by atoms with van der Waals surface area (Å²) in [7, 11) is 1.35. The number of aromatic amines is 1. The molecule has 0 radical (unpaired) electrons. The van der Waals surface area contributed by atoms with Gasteiger partial charge in [-0.15, -0.1) is 4.39 Å². The quantitative estimate of drug-likeness (QED) is 0.499. The minimum atomic E-state index is -1.91. The average Bonchev–Trinajstić information content (AvgIpc) is 3.01. The molecule has 0 spiro atoms. The average molecular weight is 474 g/mol. The number of hydrogen-bond acceptors (Lipinski definition) is 7. The van der Waals surface area contributed by atoms with E-state index in [1.165, 1.54) is 13.2 Å². The number of nitrogens with one attached hydrogen (secondary N) is 1. The molecule has 0 unspecified atom stereocenters. The minimum absolute atomic E-state index is 0.0777. The summed E-state index contributed by atoms with van der Waals surface area (Å²) in [5, 5.41) is 9.24. The highest BCUT2D eigenvalue weighted by atomic mass is 35.5. The molecule has 1 aliphatic rings. The number of ether oxygens (including phenoxy) is 1. The number of piperidine rings is 1. The van der Waals surface area contributed by atoms with Crippen molar-refractivity contribution in [2.24, 2.45) is 0 Å². The predicted octanol–water partition coefficient (Wildman–Crippen LogP) is 3.33. The van der Waals surface area contributed by atoms with Gasteiger partial charge in [-0.3, -0.25) is 4.79 Å². The Balaban J connectivity index is 1.79. The van der Waals surface area contributed by atoms with Crippen LogP contribution in [0.3, 0.4) is 0 Å². The van der Waals surface area contributed by atoms with E-state index < -0.39 is 24.1 Å². The summed E-state index contributed by atoms with van der Waals surface area (Å²) in [6.07, 6.45) is -1.50. The molecule has 31 heavy (non-hydrogen) atoms. The van der Waals surface area contributed by atoms with Crippen molar-refractivity contribution < 1.29 is 28.6 Å². The third-order valence-corrected chi connectivity index (χ3v) is 5.85. The molecule has 1 fully saturated rings. The third-order valence-electron chi connectivity index (χ3n) is 4.91. The lowest BCUT2D eigenvalue weighted by Crippen LogP contribution is -2.49. The fourth-order valence-electron chi connectivity index (χ4n) is 3.32. The van der Waals surface area contributed by atoms with Crippen molar-refractivity contribution in [2.45, 2.75) is 25.8 Å². The molecule has 0 bridgehead atoms. The van der Waals surface area contributed by atoms with E-state index in [2.05, 4.69) is 15.0 Å². The number of aryl methyl sites for hydroxylation is 1. The van der Waals surface area contributed by atoms with Crippen LogP contribution in [0.1, 0.15) is 39.5 Å². The number of carboxylic acids is 1. The Morgan fingerprint density at radius 2 is 1.90 bits per heavy atom. The number of aromatic carboxylic acids is 1. The number of nitrogens with zero attached hydrogens (tertiary/aromatic N) is 4. The standard InChI is InChI=1S/C18H18Cl2FN5O5/c1-8-12(19)13(20)14(22-8)15(27)26(17(21)30)9-3-5-25(6-4-9)18-23-10(16(28)29)7-11(24-18)31-2/h7,9,22H,3-6H2,1-2H3,(H,28,29). The van der Waals surface area contributed by atoms with Gasteiger partial charge in [0.15, 0.2) is 5.69 Å². The topological polar surface area (TPSA) is 129 Å². The third kappa shape index (κ3) is 4.57. The highest BCUT2D eigenvalue weighted by Gasteiger charge is 2.36. The van der Waals surface area contributed by atoms with Gasteiger partial charge in [0.2, 0.25) is 11.8 Å². The molecule has 2 aromatic heterocycles. The predicted molar refractivity (Wildman–Crippen MR) is 109 cm³/mol. The summed E-state index contributed by atoms with van der Waals surface area (Å²) in [5.74, 6) is -1.96. The van der Waals surface area contributed by atoms with Gasteiger partial charge in [0.05, 0.1) is 17.2 Å². The van der Waals surface area contributed by atoms with Crippen molar-refractivity contribution in [3.05, 3.63) is 33.2 Å². The molecule has 3 heterocycles. The second-order valence-corrected chi connectivity index (χ2v) is 7.56. The zero-order chi connectivity index (χ0) is 22.9. The lowest BCUT2D eigenvalue weighted by molar-refractivity contribution is 0.0671. The smallest absolute Gasteiger partial charge is 0.407 e. The van der Waals surface area contributed by atoms with Crippen LogP contribution >= 0.6 is 23.2 Å². The van der Waals surface area contributed by atoms with Crippen LogP contribution in [0.15, 0.2) is 6.07 Å². The molecule has 2 aromatic rings. The number of hydrogen-bond donors (Lipinski definition) is 2. The molecule has 166 valence electrons. The van der Waals surface area contributed by atoms with Crippen LogP contribution in [0.25, 0.3) is 0 Å². The van der Waals surface area contributed by atoms with Gasteiger partial charge in [-0.2, -0.15) is 4.98 Å². The van der Waals surface area contributed by atoms with Crippen molar-refractivity contribution in [3.8, 4) is 5.88 Å².